The van der Waals surface area contributed by atoms with Crippen LogP contribution >= 0.6 is 0 Å². The second kappa shape index (κ2) is 5.69. The van der Waals surface area contributed by atoms with Crippen LogP contribution in [-0.2, 0) is 10.0 Å². The predicted octanol–water partition coefficient (Wildman–Crippen LogP) is 0.898. The van der Waals surface area contributed by atoms with Crippen LogP contribution in [0.5, 0.6) is 0 Å². The van der Waals surface area contributed by atoms with Crippen molar-refractivity contribution in [3.8, 4) is 0 Å². The Hall–Kier alpha value is -1.15. The van der Waals surface area contributed by atoms with Crippen LogP contribution in [0.25, 0.3) is 0 Å². The number of hydrazine groups is 1. The molecule has 1 heterocycles. The highest BCUT2D eigenvalue weighted by molar-refractivity contribution is 7.89. The molecular weight excluding hydrogens is 278 g/mol. The van der Waals surface area contributed by atoms with E-state index in [0.717, 1.165) is 0 Å². The number of nitrogens with zero attached hydrogens (tertiary/aromatic N) is 1. The molecule has 1 aliphatic rings. The van der Waals surface area contributed by atoms with Crippen LogP contribution < -0.4 is 11.3 Å². The third-order valence-electron chi connectivity index (χ3n) is 3.68. The van der Waals surface area contributed by atoms with Gasteiger partial charge in [-0.05, 0) is 50.5 Å². The van der Waals surface area contributed by atoms with E-state index in [1.54, 1.807) is 19.1 Å². The maximum absolute atomic E-state index is 12.5. The third kappa shape index (κ3) is 3.29. The number of sulfonamides is 1. The summed E-state index contributed by atoms with van der Waals surface area (Å²) in [6.45, 7) is 2.53. The van der Waals surface area contributed by atoms with E-state index in [4.69, 9.17) is 5.84 Å². The molecule has 6 nitrogen and oxygen atoms in total. The molecule has 1 fully saturated rings. The molecular formula is C13H21N3O3S. The summed E-state index contributed by atoms with van der Waals surface area (Å²) in [5.41, 5.74) is 2.34. The van der Waals surface area contributed by atoms with Gasteiger partial charge in [-0.25, -0.2) is 8.42 Å². The molecule has 1 unspecified atom stereocenters. The molecule has 0 spiro atoms. The Morgan fingerprint density at radius 2 is 1.90 bits per heavy atom. The predicted molar refractivity (Wildman–Crippen MR) is 77.5 cm³/mol. The molecule has 1 aromatic rings. The molecule has 0 radical (unpaired) electrons. The van der Waals surface area contributed by atoms with Crippen LogP contribution in [0.3, 0.4) is 0 Å². The lowest BCUT2D eigenvalue weighted by Crippen LogP contribution is -2.33. The lowest BCUT2D eigenvalue weighted by Gasteiger charge is -2.22. The first-order valence-electron chi connectivity index (χ1n) is 6.64. The second-order valence-electron chi connectivity index (χ2n) is 5.42. The van der Waals surface area contributed by atoms with Gasteiger partial charge < -0.3 is 10.5 Å². The summed E-state index contributed by atoms with van der Waals surface area (Å²) in [6, 6.07) is 6.32. The van der Waals surface area contributed by atoms with E-state index in [2.05, 4.69) is 5.43 Å². The van der Waals surface area contributed by atoms with Crippen molar-refractivity contribution in [3.05, 3.63) is 24.3 Å². The van der Waals surface area contributed by atoms with Gasteiger partial charge in [0.15, 0.2) is 0 Å². The average molecular weight is 299 g/mol. The van der Waals surface area contributed by atoms with Crippen molar-refractivity contribution in [1.82, 2.24) is 4.31 Å². The van der Waals surface area contributed by atoms with Gasteiger partial charge in [0.2, 0.25) is 10.0 Å². The first-order valence-corrected chi connectivity index (χ1v) is 8.08. The minimum atomic E-state index is -3.51. The van der Waals surface area contributed by atoms with Crippen LogP contribution in [0.1, 0.15) is 26.2 Å². The molecule has 4 N–H and O–H groups in total. The molecule has 112 valence electrons. The number of hydrogen-bond acceptors (Lipinski definition) is 5. The quantitative estimate of drug-likeness (QED) is 0.569. The van der Waals surface area contributed by atoms with Gasteiger partial charge in [0, 0.05) is 18.8 Å². The van der Waals surface area contributed by atoms with E-state index in [-0.39, 0.29) is 4.90 Å². The van der Waals surface area contributed by atoms with Gasteiger partial charge in [0.25, 0.3) is 0 Å². The molecule has 1 aliphatic heterocycles. The van der Waals surface area contributed by atoms with Crippen molar-refractivity contribution in [2.24, 2.45) is 5.84 Å². The first-order chi connectivity index (χ1) is 9.35. The lowest BCUT2D eigenvalue weighted by molar-refractivity contribution is 0.0465. The van der Waals surface area contributed by atoms with Crippen molar-refractivity contribution in [1.29, 1.82) is 0 Å². The molecule has 0 aliphatic carbocycles. The molecule has 0 saturated carbocycles. The zero-order chi connectivity index (χ0) is 14.8. The largest absolute Gasteiger partial charge is 0.390 e. The van der Waals surface area contributed by atoms with Crippen molar-refractivity contribution < 1.29 is 13.5 Å². The Balaban J connectivity index is 2.20. The van der Waals surface area contributed by atoms with E-state index < -0.39 is 15.6 Å². The lowest BCUT2D eigenvalue weighted by atomic mass is 9.98. The van der Waals surface area contributed by atoms with Crippen molar-refractivity contribution in [2.45, 2.75) is 36.7 Å². The smallest absolute Gasteiger partial charge is 0.243 e. The minimum absolute atomic E-state index is 0.248. The van der Waals surface area contributed by atoms with Crippen LogP contribution in [-0.4, -0.2) is 36.5 Å². The third-order valence-corrected chi connectivity index (χ3v) is 5.59. The fourth-order valence-electron chi connectivity index (χ4n) is 2.35. The standard InChI is InChI=1S/C13H21N3O3S/c1-13(17)7-2-9-16(10-8-13)20(18,19)12-5-3-11(15-14)4-6-12/h3-6,15,17H,2,7-10,14H2,1H3. The number of benzene rings is 1. The maximum Gasteiger partial charge on any atom is 0.243 e. The average Bonchev–Trinajstić information content (AvgIpc) is 2.60. The van der Waals surface area contributed by atoms with Crippen molar-refractivity contribution in [3.63, 3.8) is 0 Å². The summed E-state index contributed by atoms with van der Waals surface area (Å²) in [5.74, 6) is 5.26. The van der Waals surface area contributed by atoms with Gasteiger partial charge in [-0.1, -0.05) is 0 Å². The zero-order valence-electron chi connectivity index (χ0n) is 11.5. The Kier molecular flexibility index (Phi) is 4.33. The fourth-order valence-corrected chi connectivity index (χ4v) is 3.83. The maximum atomic E-state index is 12.5. The summed E-state index contributed by atoms with van der Waals surface area (Å²) < 4.78 is 26.5. The Morgan fingerprint density at radius 3 is 2.50 bits per heavy atom. The molecule has 2 rings (SSSR count). The number of rotatable bonds is 3. The number of anilines is 1. The van der Waals surface area contributed by atoms with Crippen LogP contribution in [0, 0.1) is 0 Å². The van der Waals surface area contributed by atoms with Gasteiger partial charge in [0.1, 0.15) is 0 Å². The second-order valence-corrected chi connectivity index (χ2v) is 7.36. The summed E-state index contributed by atoms with van der Waals surface area (Å²) >= 11 is 0. The number of hydrogen-bond donors (Lipinski definition) is 3. The van der Waals surface area contributed by atoms with E-state index >= 15 is 0 Å². The number of nitrogen functional groups attached to an aromatic ring is 1. The molecule has 1 atom stereocenters. The van der Waals surface area contributed by atoms with Gasteiger partial charge in [0.05, 0.1) is 10.5 Å². The SMILES string of the molecule is CC1(O)CCCN(S(=O)(=O)c2ccc(NN)cc2)CC1. The normalized spacial score (nSPS) is 25.1. The first kappa shape index (κ1) is 15.2. The van der Waals surface area contributed by atoms with Crippen LogP contribution in [0.4, 0.5) is 5.69 Å². The molecule has 20 heavy (non-hydrogen) atoms. The van der Waals surface area contributed by atoms with Crippen molar-refractivity contribution >= 4 is 15.7 Å². The van der Waals surface area contributed by atoms with E-state index in [9.17, 15) is 13.5 Å². The Labute approximate surface area is 119 Å². The Morgan fingerprint density at radius 1 is 1.25 bits per heavy atom. The molecule has 0 bridgehead atoms. The van der Waals surface area contributed by atoms with E-state index in [0.29, 0.717) is 38.0 Å². The summed E-state index contributed by atoms with van der Waals surface area (Å²) in [4.78, 5) is 0.248. The van der Waals surface area contributed by atoms with Gasteiger partial charge in [-0.2, -0.15) is 4.31 Å². The number of nitrogens with one attached hydrogen (secondary N) is 1. The number of nitrogens with two attached hydrogens (primary N) is 1. The topological polar surface area (TPSA) is 95.7 Å². The molecule has 0 aromatic heterocycles. The van der Waals surface area contributed by atoms with Gasteiger partial charge in [-0.15, -0.1) is 0 Å². The highest BCUT2D eigenvalue weighted by Crippen LogP contribution is 2.26. The number of aliphatic hydroxyl groups is 1. The van der Waals surface area contributed by atoms with E-state index in [1.807, 2.05) is 0 Å². The highest BCUT2D eigenvalue weighted by Gasteiger charge is 2.31. The fraction of sp³-hybridized carbons (Fsp3) is 0.538. The molecule has 1 aromatic carbocycles. The van der Waals surface area contributed by atoms with E-state index in [1.165, 1.54) is 16.4 Å². The molecule has 1 saturated heterocycles. The van der Waals surface area contributed by atoms with Gasteiger partial charge in [-0.3, -0.25) is 5.84 Å². The molecule has 7 heteroatoms. The van der Waals surface area contributed by atoms with Crippen LogP contribution in [0.15, 0.2) is 29.2 Å². The van der Waals surface area contributed by atoms with Gasteiger partial charge >= 0.3 is 0 Å². The Bertz CT molecular complexity index is 555. The summed E-state index contributed by atoms with van der Waals surface area (Å²) in [6.07, 6.45) is 1.73. The minimum Gasteiger partial charge on any atom is -0.390 e. The zero-order valence-corrected chi connectivity index (χ0v) is 12.4. The summed E-state index contributed by atoms with van der Waals surface area (Å²) in [5, 5.41) is 10.0. The molecule has 0 amide bonds. The summed E-state index contributed by atoms with van der Waals surface area (Å²) in [7, 11) is -3.51. The highest BCUT2D eigenvalue weighted by atomic mass is 32.2. The van der Waals surface area contributed by atoms with Crippen LogP contribution in [0.2, 0.25) is 0 Å². The van der Waals surface area contributed by atoms with Crippen molar-refractivity contribution in [2.75, 3.05) is 18.5 Å². The monoisotopic (exact) mass is 299 g/mol.